The van der Waals surface area contributed by atoms with Crippen molar-refractivity contribution in [2.45, 2.75) is 32.0 Å². The third kappa shape index (κ3) is 3.53. The summed E-state index contributed by atoms with van der Waals surface area (Å²) in [5.41, 5.74) is 2.50. The van der Waals surface area contributed by atoms with Crippen molar-refractivity contribution in [3.8, 4) is 11.5 Å². The van der Waals surface area contributed by atoms with Crippen molar-refractivity contribution < 1.29 is 19.4 Å². The minimum atomic E-state index is -0.545. The van der Waals surface area contributed by atoms with E-state index >= 15 is 0 Å². The maximum atomic E-state index is 12.8. The molecule has 4 atom stereocenters. The van der Waals surface area contributed by atoms with Gasteiger partial charge in [0.15, 0.2) is 11.5 Å². The van der Waals surface area contributed by atoms with E-state index < -0.39 is 6.10 Å². The fourth-order valence-corrected chi connectivity index (χ4v) is 4.98. The Morgan fingerprint density at radius 2 is 1.93 bits per heavy atom. The average molecular weight is 388 g/mol. The van der Waals surface area contributed by atoms with Crippen molar-refractivity contribution in [3.63, 3.8) is 0 Å². The normalized spacial score (nSPS) is 27.3. The zero-order chi connectivity index (χ0) is 19.0. The van der Waals surface area contributed by atoms with E-state index in [4.69, 9.17) is 9.47 Å². The second-order valence-electron chi connectivity index (χ2n) is 7.34. The van der Waals surface area contributed by atoms with Crippen LogP contribution in [0.4, 0.5) is 0 Å². The molecule has 2 heterocycles. The van der Waals surface area contributed by atoms with Crippen LogP contribution in [0.3, 0.4) is 0 Å². The summed E-state index contributed by atoms with van der Waals surface area (Å²) in [6.45, 7) is 3.27. The topological polar surface area (TPSA) is 71.9 Å². The van der Waals surface area contributed by atoms with E-state index in [-0.39, 0.29) is 12.0 Å². The van der Waals surface area contributed by atoms with Crippen molar-refractivity contribution in [3.05, 3.63) is 40.3 Å². The lowest BCUT2D eigenvalue weighted by molar-refractivity contribution is -0.0240. The smallest absolute Gasteiger partial charge is 0.265 e. The monoisotopic (exact) mass is 388 g/mol. The number of amides is 1. The Balaban J connectivity index is 1.44. The molecule has 2 fully saturated rings. The third-order valence-corrected chi connectivity index (χ3v) is 6.58. The predicted molar refractivity (Wildman–Crippen MR) is 102 cm³/mol. The molecule has 0 unspecified atom stereocenters. The van der Waals surface area contributed by atoms with Gasteiger partial charge in [-0.15, -0.1) is 11.3 Å². The van der Waals surface area contributed by atoms with E-state index in [0.29, 0.717) is 42.8 Å². The summed E-state index contributed by atoms with van der Waals surface area (Å²) in [6, 6.07) is 7.49. The van der Waals surface area contributed by atoms with Gasteiger partial charge in [-0.05, 0) is 43.7 Å². The fraction of sp³-hybridized carbons (Fsp3) is 0.500. The van der Waals surface area contributed by atoms with Gasteiger partial charge in [0.05, 0.1) is 24.4 Å². The molecule has 27 heavy (non-hydrogen) atoms. The standard InChI is InChI=1S/C20H24N2O4S/c1-12-19(27-11-21-12)20(24)22-9-13-7-15(23)18(8-14(13)10-22)26-17-6-4-3-5-16(17)25-2/h3-6,11,13-15,18,23H,7-10H2,1-2H3/t13-,14+,15+,18+/m0/s1. The second kappa shape index (κ2) is 7.48. The van der Waals surface area contributed by atoms with Gasteiger partial charge >= 0.3 is 0 Å². The zero-order valence-electron chi connectivity index (χ0n) is 15.5. The van der Waals surface area contributed by atoms with Gasteiger partial charge in [-0.3, -0.25) is 4.79 Å². The highest BCUT2D eigenvalue weighted by Crippen LogP contribution is 2.40. The zero-order valence-corrected chi connectivity index (χ0v) is 16.3. The van der Waals surface area contributed by atoms with Crippen LogP contribution in [0.1, 0.15) is 28.2 Å². The van der Waals surface area contributed by atoms with Crippen LogP contribution in [0.25, 0.3) is 0 Å². The van der Waals surface area contributed by atoms with E-state index in [1.165, 1.54) is 11.3 Å². The molecule has 7 heteroatoms. The highest BCUT2D eigenvalue weighted by molar-refractivity contribution is 7.11. The lowest BCUT2D eigenvalue weighted by atomic mass is 9.78. The summed E-state index contributed by atoms with van der Waals surface area (Å²) in [5, 5.41) is 10.6. The number of benzene rings is 1. The number of hydrogen-bond donors (Lipinski definition) is 1. The minimum absolute atomic E-state index is 0.0566. The van der Waals surface area contributed by atoms with Gasteiger partial charge in [0.25, 0.3) is 5.91 Å². The van der Waals surface area contributed by atoms with Crippen molar-refractivity contribution in [2.24, 2.45) is 11.8 Å². The van der Waals surface area contributed by atoms with Crippen molar-refractivity contribution in [1.29, 1.82) is 0 Å². The van der Waals surface area contributed by atoms with Crippen LogP contribution in [-0.2, 0) is 0 Å². The molecule has 1 N–H and O–H groups in total. The molecule has 0 radical (unpaired) electrons. The number of hydrogen-bond acceptors (Lipinski definition) is 6. The molecule has 1 amide bonds. The van der Waals surface area contributed by atoms with Crippen molar-refractivity contribution >= 4 is 17.2 Å². The Bertz CT molecular complexity index is 824. The summed E-state index contributed by atoms with van der Waals surface area (Å²) >= 11 is 1.39. The third-order valence-electron chi connectivity index (χ3n) is 5.66. The summed E-state index contributed by atoms with van der Waals surface area (Å²) in [7, 11) is 1.61. The Morgan fingerprint density at radius 1 is 1.22 bits per heavy atom. The average Bonchev–Trinajstić information content (AvgIpc) is 3.27. The van der Waals surface area contributed by atoms with Crippen LogP contribution in [0, 0.1) is 18.8 Å². The molecule has 1 saturated heterocycles. The highest BCUT2D eigenvalue weighted by Gasteiger charge is 2.44. The SMILES string of the molecule is COc1ccccc1O[C@@H]1C[C@@H]2CN(C(=O)c3scnc3C)C[C@@H]2C[C@H]1O. The van der Waals surface area contributed by atoms with E-state index in [0.717, 1.165) is 17.0 Å². The number of nitrogens with zero attached hydrogens (tertiary/aromatic N) is 2. The second-order valence-corrected chi connectivity index (χ2v) is 8.20. The van der Waals surface area contributed by atoms with Crippen molar-refractivity contribution in [2.75, 3.05) is 20.2 Å². The molecule has 1 saturated carbocycles. The van der Waals surface area contributed by atoms with Crippen LogP contribution in [-0.4, -0.2) is 53.3 Å². The first kappa shape index (κ1) is 18.3. The largest absolute Gasteiger partial charge is 0.493 e. The van der Waals surface area contributed by atoms with Gasteiger partial charge in [-0.2, -0.15) is 0 Å². The summed E-state index contributed by atoms with van der Waals surface area (Å²) in [4.78, 5) is 19.6. The maximum absolute atomic E-state index is 12.8. The number of thiazole rings is 1. The van der Waals surface area contributed by atoms with Crippen molar-refractivity contribution in [1.82, 2.24) is 9.88 Å². The Labute approximate surface area is 162 Å². The summed E-state index contributed by atoms with van der Waals surface area (Å²) in [6.07, 6.45) is 0.546. The van der Waals surface area contributed by atoms with Gasteiger partial charge in [0.1, 0.15) is 11.0 Å². The quantitative estimate of drug-likeness (QED) is 0.872. The number of aromatic nitrogens is 1. The Morgan fingerprint density at radius 3 is 2.59 bits per heavy atom. The predicted octanol–water partition coefficient (Wildman–Crippen LogP) is 2.75. The van der Waals surface area contributed by atoms with E-state index in [2.05, 4.69) is 4.98 Å². The number of aliphatic hydroxyl groups excluding tert-OH is 1. The molecule has 1 aromatic heterocycles. The number of aliphatic hydroxyl groups is 1. The van der Waals surface area contributed by atoms with E-state index in [1.807, 2.05) is 36.1 Å². The van der Waals surface area contributed by atoms with Gasteiger partial charge in [-0.1, -0.05) is 12.1 Å². The van der Waals surface area contributed by atoms with Gasteiger partial charge in [0.2, 0.25) is 0 Å². The molecular weight excluding hydrogens is 364 g/mol. The molecule has 0 bridgehead atoms. The van der Waals surface area contributed by atoms with Crippen LogP contribution < -0.4 is 9.47 Å². The molecule has 1 aliphatic carbocycles. The first-order chi connectivity index (χ1) is 13.1. The van der Waals surface area contributed by atoms with Gasteiger partial charge in [0, 0.05) is 13.1 Å². The molecule has 0 spiro atoms. The molecule has 1 aliphatic heterocycles. The molecule has 1 aromatic carbocycles. The van der Waals surface area contributed by atoms with Crippen LogP contribution >= 0.6 is 11.3 Å². The van der Waals surface area contributed by atoms with Crippen LogP contribution in [0.15, 0.2) is 29.8 Å². The number of rotatable bonds is 4. The number of carbonyl (C=O) groups is 1. The number of likely N-dealkylation sites (tertiary alicyclic amines) is 1. The minimum Gasteiger partial charge on any atom is -0.493 e. The number of methoxy groups -OCH3 is 1. The Hall–Kier alpha value is -2.12. The van der Waals surface area contributed by atoms with Crippen LogP contribution in [0.5, 0.6) is 11.5 Å². The fourth-order valence-electron chi connectivity index (χ4n) is 4.21. The number of ether oxygens (including phenoxy) is 2. The molecule has 144 valence electrons. The highest BCUT2D eigenvalue weighted by atomic mass is 32.1. The molecule has 4 rings (SSSR count). The lowest BCUT2D eigenvalue weighted by Crippen LogP contribution is -2.42. The molecular formula is C20H24N2O4S. The van der Waals surface area contributed by atoms with E-state index in [1.54, 1.807) is 12.6 Å². The maximum Gasteiger partial charge on any atom is 0.265 e. The van der Waals surface area contributed by atoms with Crippen LogP contribution in [0.2, 0.25) is 0 Å². The molecule has 2 aliphatic rings. The summed E-state index contributed by atoms with van der Waals surface area (Å²) < 4.78 is 11.4. The first-order valence-electron chi connectivity index (χ1n) is 9.24. The number of fused-ring (bicyclic) bond motifs is 1. The number of carbonyl (C=O) groups excluding carboxylic acids is 1. The van der Waals surface area contributed by atoms with Gasteiger partial charge < -0.3 is 19.5 Å². The number of para-hydroxylation sites is 2. The molecule has 6 nitrogen and oxygen atoms in total. The van der Waals surface area contributed by atoms with E-state index in [9.17, 15) is 9.90 Å². The lowest BCUT2D eigenvalue weighted by Gasteiger charge is -2.35. The van der Waals surface area contributed by atoms with Gasteiger partial charge in [-0.25, -0.2) is 4.98 Å². The Kier molecular flexibility index (Phi) is 5.06. The number of aryl methyl sites for hydroxylation is 1. The first-order valence-corrected chi connectivity index (χ1v) is 10.1. The summed E-state index contributed by atoms with van der Waals surface area (Å²) in [5.74, 6) is 2.02. The molecule has 2 aromatic rings.